The molecule has 1 fully saturated rings. The van der Waals surface area contributed by atoms with Gasteiger partial charge in [-0.2, -0.15) is 0 Å². The average Bonchev–Trinajstić information content (AvgIpc) is 2.77. The number of fused-ring (bicyclic) bond motifs is 1. The first-order valence-corrected chi connectivity index (χ1v) is 7.68. The molecule has 1 aromatic heterocycles. The van der Waals surface area contributed by atoms with Crippen LogP contribution in [0, 0.1) is 0 Å². The minimum absolute atomic E-state index is 0.577. The quantitative estimate of drug-likeness (QED) is 0.926. The van der Waals surface area contributed by atoms with E-state index >= 15 is 0 Å². The number of nitrogens with one attached hydrogen (secondary N) is 1. The molecule has 0 bridgehead atoms. The Morgan fingerprint density at radius 1 is 1.35 bits per heavy atom. The number of imidazole rings is 1. The molecule has 108 valence electrons. The van der Waals surface area contributed by atoms with E-state index in [1.807, 2.05) is 0 Å². The Hall–Kier alpha value is -1.39. The van der Waals surface area contributed by atoms with Crippen LogP contribution in [0.25, 0.3) is 11.0 Å². The second-order valence-electron chi connectivity index (χ2n) is 5.76. The lowest BCUT2D eigenvalue weighted by Gasteiger charge is -2.31. The van der Waals surface area contributed by atoms with Crippen LogP contribution in [-0.2, 0) is 13.1 Å². The number of benzene rings is 1. The Kier molecular flexibility index (Phi) is 4.03. The lowest BCUT2D eigenvalue weighted by Crippen LogP contribution is -2.48. The van der Waals surface area contributed by atoms with Crippen LogP contribution in [0.5, 0.6) is 0 Å². The van der Waals surface area contributed by atoms with Crippen molar-refractivity contribution >= 4 is 11.0 Å². The Morgan fingerprint density at radius 2 is 2.20 bits per heavy atom. The summed E-state index contributed by atoms with van der Waals surface area (Å²) in [5, 5.41) is 3.50. The maximum absolute atomic E-state index is 4.85. The van der Waals surface area contributed by atoms with Crippen molar-refractivity contribution < 1.29 is 0 Å². The molecule has 1 atom stereocenters. The predicted octanol–water partition coefficient (Wildman–Crippen LogP) is 2.24. The molecule has 3 rings (SSSR count). The van der Waals surface area contributed by atoms with Gasteiger partial charge in [0.25, 0.3) is 0 Å². The molecule has 0 unspecified atom stereocenters. The van der Waals surface area contributed by atoms with Crippen LogP contribution < -0.4 is 5.32 Å². The van der Waals surface area contributed by atoms with Gasteiger partial charge in [0, 0.05) is 32.2 Å². The van der Waals surface area contributed by atoms with Crippen molar-refractivity contribution in [2.24, 2.45) is 0 Å². The van der Waals surface area contributed by atoms with Crippen molar-refractivity contribution in [1.82, 2.24) is 19.8 Å². The molecule has 4 nitrogen and oxygen atoms in total. The van der Waals surface area contributed by atoms with Crippen molar-refractivity contribution in [3.63, 3.8) is 0 Å². The van der Waals surface area contributed by atoms with Crippen LogP contribution in [-0.4, -0.2) is 40.1 Å². The van der Waals surface area contributed by atoms with Gasteiger partial charge >= 0.3 is 0 Å². The van der Waals surface area contributed by atoms with E-state index in [0.29, 0.717) is 6.04 Å². The molecule has 2 aromatic rings. The summed E-state index contributed by atoms with van der Waals surface area (Å²) in [7, 11) is 0. The van der Waals surface area contributed by atoms with Gasteiger partial charge < -0.3 is 9.88 Å². The highest BCUT2D eigenvalue weighted by Crippen LogP contribution is 2.18. The summed E-state index contributed by atoms with van der Waals surface area (Å²) in [6, 6.07) is 9.05. The van der Waals surface area contributed by atoms with E-state index < -0.39 is 0 Å². The smallest absolute Gasteiger partial charge is 0.124 e. The third kappa shape index (κ3) is 2.72. The predicted molar refractivity (Wildman–Crippen MR) is 82.8 cm³/mol. The third-order valence-corrected chi connectivity index (χ3v) is 4.00. The number of hydrogen-bond acceptors (Lipinski definition) is 3. The molecule has 1 aliphatic rings. The van der Waals surface area contributed by atoms with Gasteiger partial charge in [0.1, 0.15) is 5.82 Å². The molecule has 2 heterocycles. The van der Waals surface area contributed by atoms with Crippen LogP contribution in [0.2, 0.25) is 0 Å². The molecule has 4 heteroatoms. The summed E-state index contributed by atoms with van der Waals surface area (Å²) in [6.45, 7) is 9.79. The van der Waals surface area contributed by atoms with Gasteiger partial charge in [-0.3, -0.25) is 4.90 Å². The number of aromatic nitrogens is 2. The molecule has 1 aliphatic heterocycles. The monoisotopic (exact) mass is 272 g/mol. The van der Waals surface area contributed by atoms with Crippen molar-refractivity contribution in [3.05, 3.63) is 30.1 Å². The zero-order valence-corrected chi connectivity index (χ0v) is 12.5. The normalized spacial score (nSPS) is 20.6. The maximum Gasteiger partial charge on any atom is 0.124 e. The standard InChI is InChI=1S/C16H24N4/c1-3-9-20-15-7-5-4-6-14(15)18-16(20)12-19-10-8-17-13(2)11-19/h4-7,13,17H,3,8-12H2,1-2H3/t13-/m0/s1. The Bertz CT molecular complexity index is 575. The van der Waals surface area contributed by atoms with Gasteiger partial charge in [-0.15, -0.1) is 0 Å². The van der Waals surface area contributed by atoms with Crippen molar-refractivity contribution in [2.75, 3.05) is 19.6 Å². The first-order valence-electron chi connectivity index (χ1n) is 7.68. The minimum Gasteiger partial charge on any atom is -0.327 e. The largest absolute Gasteiger partial charge is 0.327 e. The van der Waals surface area contributed by atoms with Crippen LogP contribution in [0.15, 0.2) is 24.3 Å². The summed E-state index contributed by atoms with van der Waals surface area (Å²) in [5.74, 6) is 1.21. The number of rotatable bonds is 4. The Labute approximate surface area is 120 Å². The summed E-state index contributed by atoms with van der Waals surface area (Å²) in [5.41, 5.74) is 2.40. The van der Waals surface area contributed by atoms with E-state index in [9.17, 15) is 0 Å². The van der Waals surface area contributed by atoms with Crippen molar-refractivity contribution in [3.8, 4) is 0 Å². The molecule has 0 saturated carbocycles. The molecule has 1 aromatic carbocycles. The van der Waals surface area contributed by atoms with Crippen LogP contribution in [0.3, 0.4) is 0 Å². The molecule has 0 spiro atoms. The average molecular weight is 272 g/mol. The summed E-state index contributed by atoms with van der Waals surface area (Å²) in [4.78, 5) is 7.36. The zero-order valence-electron chi connectivity index (χ0n) is 12.5. The minimum atomic E-state index is 0.577. The third-order valence-electron chi connectivity index (χ3n) is 4.00. The molecular weight excluding hydrogens is 248 g/mol. The maximum atomic E-state index is 4.85. The SMILES string of the molecule is CCCn1c(CN2CCN[C@@H](C)C2)nc2ccccc21. The van der Waals surface area contributed by atoms with E-state index in [1.54, 1.807) is 0 Å². The lowest BCUT2D eigenvalue weighted by molar-refractivity contribution is 0.193. The van der Waals surface area contributed by atoms with Gasteiger partial charge in [-0.25, -0.2) is 4.98 Å². The van der Waals surface area contributed by atoms with E-state index in [0.717, 1.165) is 44.7 Å². The fraction of sp³-hybridized carbons (Fsp3) is 0.562. The fourth-order valence-electron chi connectivity index (χ4n) is 3.08. The highest BCUT2D eigenvalue weighted by molar-refractivity contribution is 5.75. The number of para-hydroxylation sites is 2. The fourth-order valence-corrected chi connectivity index (χ4v) is 3.08. The van der Waals surface area contributed by atoms with Crippen LogP contribution in [0.1, 0.15) is 26.1 Å². The van der Waals surface area contributed by atoms with Crippen LogP contribution >= 0.6 is 0 Å². The van der Waals surface area contributed by atoms with E-state index in [2.05, 4.69) is 52.9 Å². The first-order chi connectivity index (χ1) is 9.78. The molecule has 1 N–H and O–H groups in total. The van der Waals surface area contributed by atoms with Gasteiger partial charge in [-0.05, 0) is 25.5 Å². The number of piperazine rings is 1. The van der Waals surface area contributed by atoms with Gasteiger partial charge in [0.2, 0.25) is 0 Å². The lowest BCUT2D eigenvalue weighted by atomic mass is 10.2. The molecule has 0 amide bonds. The zero-order chi connectivity index (χ0) is 13.9. The first kappa shape index (κ1) is 13.6. The highest BCUT2D eigenvalue weighted by atomic mass is 15.2. The molecule has 1 saturated heterocycles. The Morgan fingerprint density at radius 3 is 3.00 bits per heavy atom. The van der Waals surface area contributed by atoms with E-state index in [1.165, 1.54) is 11.3 Å². The van der Waals surface area contributed by atoms with Gasteiger partial charge in [0.05, 0.1) is 17.6 Å². The number of nitrogens with zero attached hydrogens (tertiary/aromatic N) is 3. The molecule has 0 aliphatic carbocycles. The van der Waals surface area contributed by atoms with Crippen molar-refractivity contribution in [2.45, 2.75) is 39.4 Å². The molecular formula is C16H24N4. The highest BCUT2D eigenvalue weighted by Gasteiger charge is 2.18. The summed E-state index contributed by atoms with van der Waals surface area (Å²) in [6.07, 6.45) is 1.14. The second-order valence-corrected chi connectivity index (χ2v) is 5.76. The van der Waals surface area contributed by atoms with E-state index in [4.69, 9.17) is 4.98 Å². The second kappa shape index (κ2) is 5.94. The Balaban J connectivity index is 1.87. The topological polar surface area (TPSA) is 33.1 Å². The summed E-state index contributed by atoms with van der Waals surface area (Å²) >= 11 is 0. The number of hydrogen-bond donors (Lipinski definition) is 1. The van der Waals surface area contributed by atoms with Gasteiger partial charge in [0.15, 0.2) is 0 Å². The molecule has 0 radical (unpaired) electrons. The van der Waals surface area contributed by atoms with Gasteiger partial charge in [-0.1, -0.05) is 19.1 Å². The summed E-state index contributed by atoms with van der Waals surface area (Å²) < 4.78 is 2.39. The van der Waals surface area contributed by atoms with E-state index in [-0.39, 0.29) is 0 Å². The molecule has 20 heavy (non-hydrogen) atoms. The van der Waals surface area contributed by atoms with Crippen molar-refractivity contribution in [1.29, 1.82) is 0 Å². The van der Waals surface area contributed by atoms with Crippen LogP contribution in [0.4, 0.5) is 0 Å². The number of aryl methyl sites for hydroxylation is 1.